The highest BCUT2D eigenvalue weighted by Crippen LogP contribution is 2.08. The van der Waals surface area contributed by atoms with E-state index in [1.54, 1.807) is 0 Å². The second kappa shape index (κ2) is 5.31. The van der Waals surface area contributed by atoms with Crippen LogP contribution in [0.4, 0.5) is 4.39 Å². The molecule has 0 unspecified atom stereocenters. The summed E-state index contributed by atoms with van der Waals surface area (Å²) >= 11 is 0. The Kier molecular flexibility index (Phi) is 3.57. The molecule has 0 spiro atoms. The lowest BCUT2D eigenvalue weighted by molar-refractivity contribution is -0.142. The number of nitrogens with zero attached hydrogens (tertiary/aromatic N) is 2. The van der Waals surface area contributed by atoms with Crippen molar-refractivity contribution in [1.82, 2.24) is 9.55 Å². The molecule has 1 heterocycles. The molecule has 96 valence electrons. The molecule has 1 aromatic carbocycles. The first-order chi connectivity index (χ1) is 9.11. The minimum absolute atomic E-state index is 0.104. The van der Waals surface area contributed by atoms with Gasteiger partial charge in [-0.2, -0.15) is 0 Å². The van der Waals surface area contributed by atoms with Crippen molar-refractivity contribution in [3.63, 3.8) is 0 Å². The Morgan fingerprint density at radius 2 is 2.32 bits per heavy atom. The van der Waals surface area contributed by atoms with Crippen LogP contribution in [0.3, 0.4) is 0 Å². The SMILES string of the molecule is C#CCOC(=O)Cn1cnc2ccc(F)cc2c1=O. The molecule has 2 aromatic rings. The van der Waals surface area contributed by atoms with Gasteiger partial charge in [-0.3, -0.25) is 14.2 Å². The highest BCUT2D eigenvalue weighted by Gasteiger charge is 2.09. The molecule has 0 amide bonds. The number of halogens is 1. The number of fused-ring (bicyclic) bond motifs is 1. The number of hydrogen-bond donors (Lipinski definition) is 0. The number of hydrogen-bond acceptors (Lipinski definition) is 4. The third kappa shape index (κ3) is 2.77. The van der Waals surface area contributed by atoms with Crippen LogP contribution in [0.1, 0.15) is 0 Å². The number of terminal acetylenes is 1. The minimum atomic E-state index is -0.655. The number of ether oxygens (including phenoxy) is 1. The van der Waals surface area contributed by atoms with Crippen LogP contribution in [0.5, 0.6) is 0 Å². The van der Waals surface area contributed by atoms with Crippen LogP contribution < -0.4 is 5.56 Å². The molecule has 0 aliphatic rings. The summed E-state index contributed by atoms with van der Waals surface area (Å²) in [4.78, 5) is 27.3. The van der Waals surface area contributed by atoms with Gasteiger partial charge in [0.25, 0.3) is 5.56 Å². The molecule has 0 bridgehead atoms. The number of benzene rings is 1. The van der Waals surface area contributed by atoms with Gasteiger partial charge in [0, 0.05) is 0 Å². The van der Waals surface area contributed by atoms with Crippen molar-refractivity contribution in [2.45, 2.75) is 6.54 Å². The first kappa shape index (κ1) is 12.8. The molecular weight excluding hydrogens is 251 g/mol. The van der Waals surface area contributed by atoms with Gasteiger partial charge < -0.3 is 4.74 Å². The average Bonchev–Trinajstić information content (AvgIpc) is 2.40. The summed E-state index contributed by atoms with van der Waals surface area (Å²) in [6, 6.07) is 3.68. The minimum Gasteiger partial charge on any atom is -0.451 e. The summed E-state index contributed by atoms with van der Waals surface area (Å²) in [5, 5.41) is 0.104. The van der Waals surface area contributed by atoms with E-state index in [9.17, 15) is 14.0 Å². The molecule has 0 atom stereocenters. The van der Waals surface area contributed by atoms with Crippen LogP contribution in [0.15, 0.2) is 29.3 Å². The normalized spacial score (nSPS) is 10.1. The van der Waals surface area contributed by atoms with Crippen molar-refractivity contribution in [1.29, 1.82) is 0 Å². The summed E-state index contributed by atoms with van der Waals surface area (Å²) in [7, 11) is 0. The summed E-state index contributed by atoms with van der Waals surface area (Å²) in [6.45, 7) is -0.483. The van der Waals surface area contributed by atoms with Crippen molar-refractivity contribution in [2.24, 2.45) is 0 Å². The van der Waals surface area contributed by atoms with Crippen LogP contribution in [-0.2, 0) is 16.1 Å². The van der Waals surface area contributed by atoms with Gasteiger partial charge in [0.2, 0.25) is 0 Å². The van der Waals surface area contributed by atoms with Crippen molar-refractivity contribution < 1.29 is 13.9 Å². The second-order valence-corrected chi connectivity index (χ2v) is 3.70. The van der Waals surface area contributed by atoms with E-state index in [1.807, 2.05) is 0 Å². The number of carbonyl (C=O) groups is 1. The van der Waals surface area contributed by atoms with E-state index >= 15 is 0 Å². The Morgan fingerprint density at radius 1 is 1.53 bits per heavy atom. The number of carbonyl (C=O) groups excluding carboxylic acids is 1. The van der Waals surface area contributed by atoms with Gasteiger partial charge >= 0.3 is 5.97 Å². The Labute approximate surface area is 107 Å². The molecule has 6 heteroatoms. The molecule has 0 aliphatic carbocycles. The van der Waals surface area contributed by atoms with Crippen LogP contribution in [0.25, 0.3) is 10.9 Å². The number of aromatic nitrogens is 2. The van der Waals surface area contributed by atoms with Gasteiger partial charge in [-0.05, 0) is 18.2 Å². The van der Waals surface area contributed by atoms with E-state index < -0.39 is 17.3 Å². The highest BCUT2D eigenvalue weighted by molar-refractivity contribution is 5.77. The summed E-state index contributed by atoms with van der Waals surface area (Å²) in [5.41, 5.74) is -0.151. The first-order valence-corrected chi connectivity index (χ1v) is 5.35. The molecule has 0 fully saturated rings. The summed E-state index contributed by atoms with van der Waals surface area (Å²) < 4.78 is 18.8. The lowest BCUT2D eigenvalue weighted by Crippen LogP contribution is -2.25. The fourth-order valence-corrected chi connectivity index (χ4v) is 1.55. The smallest absolute Gasteiger partial charge is 0.327 e. The Morgan fingerprint density at radius 3 is 3.05 bits per heavy atom. The molecule has 0 saturated heterocycles. The fourth-order valence-electron chi connectivity index (χ4n) is 1.55. The van der Waals surface area contributed by atoms with Gasteiger partial charge in [-0.15, -0.1) is 6.42 Å². The predicted molar refractivity (Wildman–Crippen MR) is 65.8 cm³/mol. The lowest BCUT2D eigenvalue weighted by Gasteiger charge is -2.05. The van der Waals surface area contributed by atoms with Crippen molar-refractivity contribution >= 4 is 16.9 Å². The van der Waals surface area contributed by atoms with E-state index in [1.165, 1.54) is 18.5 Å². The average molecular weight is 260 g/mol. The topological polar surface area (TPSA) is 61.2 Å². The number of rotatable bonds is 3. The Hall–Kier alpha value is -2.68. The predicted octanol–water partition coefficient (Wildman–Crippen LogP) is 0.712. The van der Waals surface area contributed by atoms with Crippen LogP contribution in [0.2, 0.25) is 0 Å². The van der Waals surface area contributed by atoms with Crippen molar-refractivity contribution in [3.8, 4) is 12.3 Å². The lowest BCUT2D eigenvalue weighted by atomic mass is 10.2. The molecule has 0 N–H and O–H groups in total. The standard InChI is InChI=1S/C13H9FN2O3/c1-2-5-19-12(17)7-16-8-15-11-4-3-9(14)6-10(11)13(16)18/h1,3-4,6,8H,5,7H2. The van der Waals surface area contributed by atoms with Crippen LogP contribution in [0, 0.1) is 18.2 Å². The molecular formula is C13H9FN2O3. The zero-order valence-electron chi connectivity index (χ0n) is 9.80. The molecule has 2 rings (SSSR count). The molecule has 1 aromatic heterocycles. The van der Waals surface area contributed by atoms with Crippen molar-refractivity contribution in [2.75, 3.05) is 6.61 Å². The van der Waals surface area contributed by atoms with E-state index in [2.05, 4.69) is 15.6 Å². The van der Waals surface area contributed by atoms with E-state index in [0.29, 0.717) is 5.52 Å². The number of esters is 1. The molecule has 0 saturated carbocycles. The van der Waals surface area contributed by atoms with Crippen LogP contribution in [-0.4, -0.2) is 22.1 Å². The maximum absolute atomic E-state index is 13.1. The van der Waals surface area contributed by atoms with Gasteiger partial charge in [-0.25, -0.2) is 9.37 Å². The van der Waals surface area contributed by atoms with Gasteiger partial charge in [-0.1, -0.05) is 5.92 Å². The quantitative estimate of drug-likeness (QED) is 0.602. The monoisotopic (exact) mass is 260 g/mol. The Balaban J connectivity index is 2.35. The largest absolute Gasteiger partial charge is 0.451 e. The summed E-state index contributed by atoms with van der Waals surface area (Å²) in [6.07, 6.45) is 6.15. The van der Waals surface area contributed by atoms with E-state index in [4.69, 9.17) is 6.42 Å². The molecule has 0 aliphatic heterocycles. The van der Waals surface area contributed by atoms with E-state index in [-0.39, 0.29) is 18.5 Å². The van der Waals surface area contributed by atoms with Gasteiger partial charge in [0.1, 0.15) is 12.4 Å². The molecule has 0 radical (unpaired) electrons. The van der Waals surface area contributed by atoms with Gasteiger partial charge in [0.15, 0.2) is 6.61 Å². The first-order valence-electron chi connectivity index (χ1n) is 5.35. The fraction of sp³-hybridized carbons (Fsp3) is 0.154. The molecule has 5 nitrogen and oxygen atoms in total. The van der Waals surface area contributed by atoms with Gasteiger partial charge in [0.05, 0.1) is 17.2 Å². The summed E-state index contributed by atoms with van der Waals surface area (Å²) in [5.74, 6) is 0.943. The maximum Gasteiger partial charge on any atom is 0.327 e. The zero-order chi connectivity index (χ0) is 13.8. The van der Waals surface area contributed by atoms with E-state index in [0.717, 1.165) is 10.6 Å². The zero-order valence-corrected chi connectivity index (χ0v) is 9.80. The van der Waals surface area contributed by atoms with Crippen molar-refractivity contribution in [3.05, 3.63) is 40.7 Å². The highest BCUT2D eigenvalue weighted by atomic mass is 19.1. The Bertz CT molecular complexity index is 731. The maximum atomic E-state index is 13.1. The third-order valence-corrected chi connectivity index (χ3v) is 2.40. The third-order valence-electron chi connectivity index (χ3n) is 2.40. The second-order valence-electron chi connectivity index (χ2n) is 3.70. The molecule has 19 heavy (non-hydrogen) atoms. The van der Waals surface area contributed by atoms with Crippen LogP contribution >= 0.6 is 0 Å².